The molecule has 2 aromatic heterocycles. The highest BCUT2D eigenvalue weighted by Gasteiger charge is 2.30. The molecule has 2 aromatic rings. The molecule has 3 heterocycles. The van der Waals surface area contributed by atoms with Gasteiger partial charge >= 0.3 is 0 Å². The number of nitrogens with zero attached hydrogens (tertiary/aromatic N) is 6. The predicted molar refractivity (Wildman–Crippen MR) is 83.8 cm³/mol. The molecule has 1 aliphatic rings. The SMILES string of the molecule is CC(C)c1nnc2n1CCN(c1ncc(C#N)cc1Cl)C2C. The van der Waals surface area contributed by atoms with Crippen molar-refractivity contribution >= 4 is 17.4 Å². The maximum atomic E-state index is 8.92. The summed E-state index contributed by atoms with van der Waals surface area (Å²) in [7, 11) is 0. The lowest BCUT2D eigenvalue weighted by molar-refractivity contribution is 0.477. The molecule has 7 heteroatoms. The summed E-state index contributed by atoms with van der Waals surface area (Å²) >= 11 is 6.29. The Labute approximate surface area is 134 Å². The van der Waals surface area contributed by atoms with Crippen LogP contribution in [0.5, 0.6) is 0 Å². The number of halogens is 1. The summed E-state index contributed by atoms with van der Waals surface area (Å²) in [6.45, 7) is 7.89. The first-order valence-electron chi connectivity index (χ1n) is 7.28. The third-order valence-electron chi connectivity index (χ3n) is 3.95. The molecule has 0 bridgehead atoms. The lowest BCUT2D eigenvalue weighted by atomic mass is 10.1. The number of hydrogen-bond donors (Lipinski definition) is 0. The van der Waals surface area contributed by atoms with E-state index in [4.69, 9.17) is 16.9 Å². The summed E-state index contributed by atoms with van der Waals surface area (Å²) in [4.78, 5) is 6.46. The van der Waals surface area contributed by atoms with E-state index in [1.54, 1.807) is 12.3 Å². The Morgan fingerprint density at radius 2 is 2.14 bits per heavy atom. The molecule has 1 atom stereocenters. The second kappa shape index (κ2) is 5.58. The summed E-state index contributed by atoms with van der Waals surface area (Å²) in [5.41, 5.74) is 0.462. The predicted octanol–water partition coefficient (Wildman–Crippen LogP) is 2.90. The van der Waals surface area contributed by atoms with Crippen LogP contribution >= 0.6 is 11.6 Å². The summed E-state index contributed by atoms with van der Waals surface area (Å²) in [6.07, 6.45) is 1.55. The molecule has 0 spiro atoms. The largest absolute Gasteiger partial charge is 0.344 e. The number of nitriles is 1. The highest BCUT2D eigenvalue weighted by molar-refractivity contribution is 6.33. The molecule has 0 fully saturated rings. The Hall–Kier alpha value is -2.13. The minimum atomic E-state index is 0.0340. The van der Waals surface area contributed by atoms with E-state index in [1.165, 1.54) is 0 Å². The van der Waals surface area contributed by atoms with Crippen LogP contribution in [0.3, 0.4) is 0 Å². The van der Waals surface area contributed by atoms with Crippen LogP contribution in [0.2, 0.25) is 5.02 Å². The first-order chi connectivity index (χ1) is 10.5. The fourth-order valence-electron chi connectivity index (χ4n) is 2.83. The molecule has 0 saturated carbocycles. The van der Waals surface area contributed by atoms with E-state index in [2.05, 4.69) is 45.4 Å². The molecule has 22 heavy (non-hydrogen) atoms. The number of hydrogen-bond acceptors (Lipinski definition) is 5. The van der Waals surface area contributed by atoms with Crippen LogP contribution in [0.25, 0.3) is 0 Å². The van der Waals surface area contributed by atoms with Gasteiger partial charge in [0.05, 0.1) is 16.6 Å². The molecule has 0 saturated heterocycles. The molecule has 0 amide bonds. The van der Waals surface area contributed by atoms with Crippen LogP contribution in [0.15, 0.2) is 12.3 Å². The normalized spacial score (nSPS) is 17.5. The molecule has 0 aromatic carbocycles. The number of aromatic nitrogens is 4. The van der Waals surface area contributed by atoms with Crippen molar-refractivity contribution in [2.45, 2.75) is 39.3 Å². The van der Waals surface area contributed by atoms with Crippen LogP contribution in [0.4, 0.5) is 5.82 Å². The lowest BCUT2D eigenvalue weighted by Gasteiger charge is -2.35. The van der Waals surface area contributed by atoms with Crippen molar-refractivity contribution in [3.8, 4) is 6.07 Å². The minimum absolute atomic E-state index is 0.0340. The second-order valence-electron chi connectivity index (χ2n) is 5.73. The Morgan fingerprint density at radius 1 is 1.36 bits per heavy atom. The van der Waals surface area contributed by atoms with Gasteiger partial charge in [0, 0.05) is 25.2 Å². The fourth-order valence-corrected chi connectivity index (χ4v) is 3.10. The number of anilines is 1. The highest BCUT2D eigenvalue weighted by atomic mass is 35.5. The molecule has 0 N–H and O–H groups in total. The smallest absolute Gasteiger partial charge is 0.155 e. The molecule has 1 aliphatic heterocycles. The van der Waals surface area contributed by atoms with Crippen molar-refractivity contribution in [3.63, 3.8) is 0 Å². The molecule has 0 radical (unpaired) electrons. The van der Waals surface area contributed by atoms with Crippen LogP contribution < -0.4 is 4.90 Å². The van der Waals surface area contributed by atoms with Gasteiger partial charge in [0.15, 0.2) is 5.82 Å². The minimum Gasteiger partial charge on any atom is -0.344 e. The van der Waals surface area contributed by atoms with Crippen molar-refractivity contribution in [3.05, 3.63) is 34.5 Å². The standard InChI is InChI=1S/C15H17ClN6/c1-9(2)13-19-20-14-10(3)21(4-5-22(13)14)15-12(16)6-11(7-17)8-18-15/h6,8-10H,4-5H2,1-3H3. The van der Waals surface area contributed by atoms with Crippen molar-refractivity contribution < 1.29 is 0 Å². The van der Waals surface area contributed by atoms with Crippen molar-refractivity contribution in [2.24, 2.45) is 0 Å². The van der Waals surface area contributed by atoms with E-state index in [0.717, 1.165) is 24.7 Å². The van der Waals surface area contributed by atoms with Gasteiger partial charge in [0.25, 0.3) is 0 Å². The quantitative estimate of drug-likeness (QED) is 0.852. The van der Waals surface area contributed by atoms with Gasteiger partial charge in [-0.05, 0) is 13.0 Å². The lowest BCUT2D eigenvalue weighted by Crippen LogP contribution is -2.38. The summed E-state index contributed by atoms with van der Waals surface area (Å²) in [5, 5.41) is 18.1. The molecule has 0 aliphatic carbocycles. The Morgan fingerprint density at radius 3 is 2.77 bits per heavy atom. The molecule has 6 nitrogen and oxygen atoms in total. The molecule has 114 valence electrons. The van der Waals surface area contributed by atoms with Gasteiger partial charge in [-0.15, -0.1) is 10.2 Å². The Balaban J connectivity index is 1.97. The number of fused-ring (bicyclic) bond motifs is 1. The Kier molecular flexibility index (Phi) is 3.75. The molecular weight excluding hydrogens is 300 g/mol. The number of pyridine rings is 1. The maximum absolute atomic E-state index is 8.92. The monoisotopic (exact) mass is 316 g/mol. The fraction of sp³-hybridized carbons (Fsp3) is 0.467. The number of rotatable bonds is 2. The zero-order valence-corrected chi connectivity index (χ0v) is 13.5. The summed E-state index contributed by atoms with van der Waals surface area (Å²) in [5.74, 6) is 2.97. The average molecular weight is 317 g/mol. The van der Waals surface area contributed by atoms with Crippen molar-refractivity contribution in [1.29, 1.82) is 5.26 Å². The van der Waals surface area contributed by atoms with E-state index in [-0.39, 0.29) is 6.04 Å². The van der Waals surface area contributed by atoms with Gasteiger partial charge < -0.3 is 9.47 Å². The average Bonchev–Trinajstić information content (AvgIpc) is 2.93. The Bertz CT molecular complexity index is 745. The third kappa shape index (κ3) is 2.32. The second-order valence-corrected chi connectivity index (χ2v) is 6.14. The zero-order valence-electron chi connectivity index (χ0n) is 12.8. The van der Waals surface area contributed by atoms with Gasteiger partial charge in [-0.3, -0.25) is 0 Å². The summed E-state index contributed by atoms with van der Waals surface area (Å²) < 4.78 is 2.18. The maximum Gasteiger partial charge on any atom is 0.155 e. The zero-order chi connectivity index (χ0) is 15.9. The van der Waals surface area contributed by atoms with Gasteiger partial charge in [-0.25, -0.2) is 4.98 Å². The van der Waals surface area contributed by atoms with Crippen LogP contribution in [0.1, 0.15) is 49.9 Å². The van der Waals surface area contributed by atoms with Gasteiger partial charge in [-0.1, -0.05) is 25.4 Å². The first-order valence-corrected chi connectivity index (χ1v) is 7.66. The van der Waals surface area contributed by atoms with E-state index >= 15 is 0 Å². The van der Waals surface area contributed by atoms with Crippen molar-refractivity contribution in [2.75, 3.05) is 11.4 Å². The van der Waals surface area contributed by atoms with E-state index < -0.39 is 0 Å². The van der Waals surface area contributed by atoms with Gasteiger partial charge in [0.1, 0.15) is 17.7 Å². The van der Waals surface area contributed by atoms with Crippen LogP contribution in [-0.2, 0) is 6.54 Å². The topological polar surface area (TPSA) is 70.6 Å². The van der Waals surface area contributed by atoms with E-state index in [9.17, 15) is 0 Å². The van der Waals surface area contributed by atoms with E-state index in [1.807, 2.05) is 6.07 Å². The molecule has 1 unspecified atom stereocenters. The van der Waals surface area contributed by atoms with Crippen LogP contribution in [0, 0.1) is 11.3 Å². The van der Waals surface area contributed by atoms with Crippen LogP contribution in [-0.4, -0.2) is 26.3 Å². The highest BCUT2D eigenvalue weighted by Crippen LogP contribution is 2.33. The van der Waals surface area contributed by atoms with Gasteiger partial charge in [-0.2, -0.15) is 5.26 Å². The first kappa shape index (κ1) is 14.8. The molecule has 3 rings (SSSR count). The van der Waals surface area contributed by atoms with E-state index in [0.29, 0.717) is 22.3 Å². The van der Waals surface area contributed by atoms with Crippen molar-refractivity contribution in [1.82, 2.24) is 19.7 Å². The molecular formula is C15H17ClN6. The third-order valence-corrected chi connectivity index (χ3v) is 4.23. The summed E-state index contributed by atoms with van der Waals surface area (Å²) in [6, 6.07) is 3.73. The van der Waals surface area contributed by atoms with Gasteiger partial charge in [0.2, 0.25) is 0 Å².